The van der Waals surface area contributed by atoms with Gasteiger partial charge in [-0.15, -0.1) is 16.4 Å². The molecule has 0 aliphatic heterocycles. The fourth-order valence-corrected chi connectivity index (χ4v) is 2.71. The third-order valence-electron chi connectivity index (χ3n) is 2.88. The number of aromatic nitrogens is 4. The van der Waals surface area contributed by atoms with Gasteiger partial charge in [0.25, 0.3) is 0 Å². The maximum Gasteiger partial charge on any atom is 0.177 e. The lowest BCUT2D eigenvalue weighted by Gasteiger charge is -1.98. The van der Waals surface area contributed by atoms with Crippen LogP contribution in [-0.4, -0.2) is 20.2 Å². The summed E-state index contributed by atoms with van der Waals surface area (Å²) in [5.41, 5.74) is 1.78. The molecule has 5 nitrogen and oxygen atoms in total. The first-order valence-corrected chi connectivity index (χ1v) is 8.09. The van der Waals surface area contributed by atoms with Crippen molar-refractivity contribution in [1.82, 2.24) is 20.2 Å². The van der Waals surface area contributed by atoms with E-state index in [1.165, 1.54) is 0 Å². The standard InChI is InChI=1S/C13H13BrN4OS/c1-2-10(14)11-8-18(17-15-11)7-9-6-12(19-16-9)13-4-3-5-20-13/h3-6,8,10H,2,7H2,1H3. The Kier molecular flexibility index (Phi) is 3.98. The topological polar surface area (TPSA) is 56.7 Å². The van der Waals surface area contributed by atoms with Gasteiger partial charge in [-0.05, 0) is 17.9 Å². The highest BCUT2D eigenvalue weighted by atomic mass is 79.9. The third kappa shape index (κ3) is 2.83. The molecule has 20 heavy (non-hydrogen) atoms. The lowest BCUT2D eigenvalue weighted by atomic mass is 10.3. The third-order valence-corrected chi connectivity index (χ3v) is 4.88. The number of thiophene rings is 1. The number of halogens is 1. The summed E-state index contributed by atoms with van der Waals surface area (Å²) in [6, 6.07) is 5.95. The summed E-state index contributed by atoms with van der Waals surface area (Å²) < 4.78 is 7.12. The molecule has 1 atom stereocenters. The maximum atomic E-state index is 5.35. The molecule has 3 aromatic rings. The van der Waals surface area contributed by atoms with Crippen molar-refractivity contribution in [2.45, 2.75) is 24.7 Å². The molecule has 0 fully saturated rings. The van der Waals surface area contributed by atoms with Gasteiger partial charge in [-0.3, -0.25) is 0 Å². The SMILES string of the molecule is CCC(Br)c1cn(Cc2cc(-c3cccs3)on2)nn1. The summed E-state index contributed by atoms with van der Waals surface area (Å²) in [5.74, 6) is 0.794. The van der Waals surface area contributed by atoms with E-state index in [1.807, 2.05) is 29.8 Å². The zero-order chi connectivity index (χ0) is 13.9. The van der Waals surface area contributed by atoms with Crippen molar-refractivity contribution in [2.24, 2.45) is 0 Å². The van der Waals surface area contributed by atoms with E-state index >= 15 is 0 Å². The summed E-state index contributed by atoms with van der Waals surface area (Å²) in [6.45, 7) is 2.66. The molecule has 0 N–H and O–H groups in total. The largest absolute Gasteiger partial charge is 0.355 e. The van der Waals surface area contributed by atoms with Gasteiger partial charge in [0.05, 0.1) is 28.1 Å². The highest BCUT2D eigenvalue weighted by molar-refractivity contribution is 9.09. The maximum absolute atomic E-state index is 5.35. The lowest BCUT2D eigenvalue weighted by molar-refractivity contribution is 0.419. The van der Waals surface area contributed by atoms with Crippen LogP contribution in [0.2, 0.25) is 0 Å². The minimum atomic E-state index is 0.246. The molecular weight excluding hydrogens is 340 g/mol. The average Bonchev–Trinajstić information content (AvgIpc) is 3.19. The predicted octanol–water partition coefficient (Wildman–Crippen LogP) is 3.89. The summed E-state index contributed by atoms with van der Waals surface area (Å²) in [6.07, 6.45) is 2.91. The van der Waals surface area contributed by atoms with Crippen LogP contribution >= 0.6 is 27.3 Å². The van der Waals surface area contributed by atoms with Crippen LogP contribution in [0.1, 0.15) is 29.6 Å². The molecule has 3 aromatic heterocycles. The Balaban J connectivity index is 1.73. The number of rotatable bonds is 5. The van der Waals surface area contributed by atoms with Crippen molar-refractivity contribution < 1.29 is 4.52 Å². The highest BCUT2D eigenvalue weighted by Crippen LogP contribution is 2.26. The van der Waals surface area contributed by atoms with E-state index in [0.29, 0.717) is 6.54 Å². The Morgan fingerprint density at radius 2 is 2.40 bits per heavy atom. The first-order valence-electron chi connectivity index (χ1n) is 6.30. The Morgan fingerprint density at radius 1 is 1.50 bits per heavy atom. The molecule has 0 radical (unpaired) electrons. The number of alkyl halides is 1. The molecule has 3 rings (SSSR count). The Bertz CT molecular complexity index is 676. The second-order valence-corrected chi connectivity index (χ2v) is 6.43. The molecule has 3 heterocycles. The Hall–Kier alpha value is -1.47. The van der Waals surface area contributed by atoms with Crippen LogP contribution in [0, 0.1) is 0 Å². The lowest BCUT2D eigenvalue weighted by Crippen LogP contribution is -2.00. The van der Waals surface area contributed by atoms with Crippen molar-refractivity contribution >= 4 is 27.3 Å². The summed E-state index contributed by atoms with van der Waals surface area (Å²) in [4.78, 5) is 1.32. The first-order chi connectivity index (χ1) is 9.76. The summed E-state index contributed by atoms with van der Waals surface area (Å²) >= 11 is 5.20. The van der Waals surface area contributed by atoms with Gasteiger partial charge in [-0.1, -0.05) is 39.3 Å². The van der Waals surface area contributed by atoms with Crippen molar-refractivity contribution in [1.29, 1.82) is 0 Å². The molecule has 0 saturated heterocycles. The van der Waals surface area contributed by atoms with Crippen molar-refractivity contribution in [3.05, 3.63) is 41.2 Å². The summed E-state index contributed by atoms with van der Waals surface area (Å²) in [7, 11) is 0. The molecule has 0 aliphatic rings. The van der Waals surface area contributed by atoms with Gasteiger partial charge in [-0.2, -0.15) is 0 Å². The van der Waals surface area contributed by atoms with Gasteiger partial charge in [0.2, 0.25) is 0 Å². The van der Waals surface area contributed by atoms with E-state index in [4.69, 9.17) is 4.52 Å². The summed E-state index contributed by atoms with van der Waals surface area (Å²) in [5, 5.41) is 14.3. The van der Waals surface area contributed by atoms with E-state index < -0.39 is 0 Å². The molecule has 0 bridgehead atoms. The van der Waals surface area contributed by atoms with Crippen LogP contribution in [0.5, 0.6) is 0 Å². The Morgan fingerprint density at radius 3 is 3.15 bits per heavy atom. The zero-order valence-electron chi connectivity index (χ0n) is 10.9. The second kappa shape index (κ2) is 5.88. The molecule has 0 aromatic carbocycles. The molecule has 0 spiro atoms. The highest BCUT2D eigenvalue weighted by Gasteiger charge is 2.12. The molecule has 104 valence electrons. The molecule has 0 saturated carbocycles. The minimum Gasteiger partial charge on any atom is -0.355 e. The van der Waals surface area contributed by atoms with Crippen LogP contribution in [-0.2, 0) is 6.54 Å². The van der Waals surface area contributed by atoms with Gasteiger partial charge < -0.3 is 4.52 Å². The predicted molar refractivity (Wildman–Crippen MR) is 80.9 cm³/mol. The second-order valence-electron chi connectivity index (χ2n) is 4.38. The van der Waals surface area contributed by atoms with Gasteiger partial charge in [-0.25, -0.2) is 4.68 Å². The fourth-order valence-electron chi connectivity index (χ4n) is 1.83. The monoisotopic (exact) mass is 352 g/mol. The van der Waals surface area contributed by atoms with E-state index in [0.717, 1.165) is 28.4 Å². The molecule has 1 unspecified atom stereocenters. The Labute approximate surface area is 128 Å². The quantitative estimate of drug-likeness (QED) is 0.653. The number of hydrogen-bond donors (Lipinski definition) is 0. The van der Waals surface area contributed by atoms with Crippen molar-refractivity contribution in [2.75, 3.05) is 0 Å². The average molecular weight is 353 g/mol. The van der Waals surface area contributed by atoms with Crippen LogP contribution < -0.4 is 0 Å². The molecule has 0 amide bonds. The van der Waals surface area contributed by atoms with Gasteiger partial charge in [0.1, 0.15) is 5.69 Å². The van der Waals surface area contributed by atoms with Crippen molar-refractivity contribution in [3.8, 4) is 10.6 Å². The van der Waals surface area contributed by atoms with E-state index in [1.54, 1.807) is 16.0 Å². The van der Waals surface area contributed by atoms with E-state index in [-0.39, 0.29) is 4.83 Å². The number of nitrogens with zero attached hydrogens (tertiary/aromatic N) is 4. The smallest absolute Gasteiger partial charge is 0.177 e. The normalized spacial score (nSPS) is 12.7. The molecule has 0 aliphatic carbocycles. The van der Waals surface area contributed by atoms with Crippen molar-refractivity contribution in [3.63, 3.8) is 0 Å². The molecular formula is C13H13BrN4OS. The van der Waals surface area contributed by atoms with Gasteiger partial charge in [0, 0.05) is 6.07 Å². The number of hydrogen-bond acceptors (Lipinski definition) is 5. The first kappa shape index (κ1) is 13.5. The van der Waals surface area contributed by atoms with Crippen LogP contribution in [0.25, 0.3) is 10.6 Å². The zero-order valence-corrected chi connectivity index (χ0v) is 13.3. The van der Waals surface area contributed by atoms with E-state index in [2.05, 4.69) is 38.3 Å². The molecule has 7 heteroatoms. The van der Waals surface area contributed by atoms with Crippen LogP contribution in [0.15, 0.2) is 34.3 Å². The van der Waals surface area contributed by atoms with E-state index in [9.17, 15) is 0 Å². The van der Waals surface area contributed by atoms with Crippen LogP contribution in [0.4, 0.5) is 0 Å². The minimum absolute atomic E-state index is 0.246. The van der Waals surface area contributed by atoms with Crippen LogP contribution in [0.3, 0.4) is 0 Å². The van der Waals surface area contributed by atoms with Gasteiger partial charge >= 0.3 is 0 Å². The van der Waals surface area contributed by atoms with Gasteiger partial charge in [0.15, 0.2) is 5.76 Å². The fraction of sp³-hybridized carbons (Fsp3) is 0.308.